The summed E-state index contributed by atoms with van der Waals surface area (Å²) in [6, 6.07) is 8.16. The molecule has 0 aliphatic heterocycles. The van der Waals surface area contributed by atoms with Gasteiger partial charge >= 0.3 is 6.03 Å². The summed E-state index contributed by atoms with van der Waals surface area (Å²) in [7, 11) is -4.47. The Morgan fingerprint density at radius 1 is 1.00 bits per heavy atom. The van der Waals surface area contributed by atoms with Crippen LogP contribution in [0, 0.1) is 6.92 Å². The van der Waals surface area contributed by atoms with Gasteiger partial charge in [0.15, 0.2) is 0 Å². The highest BCUT2D eigenvalue weighted by Gasteiger charge is 2.15. The highest BCUT2D eigenvalue weighted by Crippen LogP contribution is 2.23. The van der Waals surface area contributed by atoms with E-state index in [4.69, 9.17) is 16.0 Å². The van der Waals surface area contributed by atoms with Gasteiger partial charge in [0.2, 0.25) is 0 Å². The van der Waals surface area contributed by atoms with Gasteiger partial charge in [0.25, 0.3) is 10.1 Å². The molecule has 0 saturated heterocycles. The molecule has 2 rings (SSSR count). The average Bonchev–Trinajstić information content (AvgIpc) is 2.44. The Hall–Kier alpha value is -2.78. The predicted octanol–water partition coefficient (Wildman–Crippen LogP) is 2.05. The normalized spacial score (nSPS) is 11.0. The van der Waals surface area contributed by atoms with E-state index in [9.17, 15) is 13.2 Å². The summed E-state index contributed by atoms with van der Waals surface area (Å²) in [6.07, 6.45) is 0. The topological polar surface area (TPSA) is 148 Å². The van der Waals surface area contributed by atoms with E-state index in [2.05, 4.69) is 10.6 Å². The summed E-state index contributed by atoms with van der Waals surface area (Å²) in [5.74, 6) is 0. The van der Waals surface area contributed by atoms with Crippen LogP contribution in [0.15, 0.2) is 41.3 Å². The van der Waals surface area contributed by atoms with Gasteiger partial charge in [0.1, 0.15) is 4.90 Å². The molecule has 0 fully saturated rings. The van der Waals surface area contributed by atoms with Crippen molar-refractivity contribution in [3.63, 3.8) is 0 Å². The van der Waals surface area contributed by atoms with E-state index < -0.39 is 21.0 Å². The zero-order valence-corrected chi connectivity index (χ0v) is 13.0. The lowest BCUT2D eigenvalue weighted by Crippen LogP contribution is -2.20. The summed E-state index contributed by atoms with van der Waals surface area (Å²) in [5, 5.41) is 5.03. The molecule has 0 radical (unpaired) electrons. The molecule has 7 N–H and O–H groups in total. The molecule has 23 heavy (non-hydrogen) atoms. The van der Waals surface area contributed by atoms with Crippen LogP contribution in [-0.4, -0.2) is 19.0 Å². The second-order valence-electron chi connectivity index (χ2n) is 4.88. The number of anilines is 4. The largest absolute Gasteiger partial charge is 0.399 e. The van der Waals surface area contributed by atoms with Crippen LogP contribution >= 0.6 is 0 Å². The minimum Gasteiger partial charge on any atom is -0.399 e. The van der Waals surface area contributed by atoms with Crippen LogP contribution in [0.3, 0.4) is 0 Å². The van der Waals surface area contributed by atoms with Crippen LogP contribution in [0.1, 0.15) is 5.56 Å². The fourth-order valence-electron chi connectivity index (χ4n) is 1.88. The number of hydrogen-bond donors (Lipinski definition) is 5. The molecule has 122 valence electrons. The minimum atomic E-state index is -4.47. The number of hydrogen-bond acceptors (Lipinski definition) is 5. The third-order valence-electron chi connectivity index (χ3n) is 3.08. The number of nitrogen functional groups attached to an aromatic ring is 2. The second kappa shape index (κ2) is 6.15. The smallest absolute Gasteiger partial charge is 0.323 e. The monoisotopic (exact) mass is 336 g/mol. The fourth-order valence-corrected chi connectivity index (χ4v) is 2.52. The van der Waals surface area contributed by atoms with Crippen molar-refractivity contribution in [1.29, 1.82) is 0 Å². The quantitative estimate of drug-likeness (QED) is 0.428. The van der Waals surface area contributed by atoms with Crippen LogP contribution in [0.25, 0.3) is 0 Å². The number of carbonyl (C=O) groups is 1. The highest BCUT2D eigenvalue weighted by atomic mass is 32.2. The fraction of sp³-hybridized carbons (Fsp3) is 0.0714. The molecule has 8 nitrogen and oxygen atoms in total. The maximum absolute atomic E-state index is 11.9. The van der Waals surface area contributed by atoms with Gasteiger partial charge in [-0.2, -0.15) is 8.42 Å². The summed E-state index contributed by atoms with van der Waals surface area (Å²) < 4.78 is 31.4. The molecule has 0 atom stereocenters. The Morgan fingerprint density at radius 3 is 2.04 bits per heavy atom. The third kappa shape index (κ3) is 4.11. The first kappa shape index (κ1) is 16.6. The average molecular weight is 336 g/mol. The zero-order chi connectivity index (χ0) is 17.2. The predicted molar refractivity (Wildman–Crippen MR) is 88.9 cm³/mol. The van der Waals surface area contributed by atoms with E-state index in [0.717, 1.165) is 11.6 Å². The molecule has 2 aromatic carbocycles. The number of aryl methyl sites for hydroxylation is 1. The first-order valence-electron chi connectivity index (χ1n) is 6.48. The number of benzene rings is 2. The molecule has 0 spiro atoms. The van der Waals surface area contributed by atoms with Gasteiger partial charge in [0.05, 0.1) is 5.69 Å². The van der Waals surface area contributed by atoms with Crippen molar-refractivity contribution in [2.75, 3.05) is 22.1 Å². The van der Waals surface area contributed by atoms with E-state index >= 15 is 0 Å². The number of nitrogens with two attached hydrogens (primary N) is 2. The summed E-state index contributed by atoms with van der Waals surface area (Å²) in [6.45, 7) is 1.80. The Labute approximate surface area is 133 Å². The van der Waals surface area contributed by atoms with Crippen molar-refractivity contribution in [2.24, 2.45) is 0 Å². The molecule has 9 heteroatoms. The standard InChI is InChI=1S/C14H16N4O4S/c1-8-6-9(2-4-11(8)15)17-14(19)18-10-3-5-12(16)13(7-10)23(20,21)22/h2-7H,15-16H2,1H3,(H2,17,18,19)(H,20,21,22). The van der Waals surface area contributed by atoms with E-state index in [0.29, 0.717) is 11.4 Å². The molecule has 2 amide bonds. The van der Waals surface area contributed by atoms with Crippen molar-refractivity contribution in [2.45, 2.75) is 11.8 Å². The zero-order valence-electron chi connectivity index (χ0n) is 12.2. The summed E-state index contributed by atoms with van der Waals surface area (Å²) >= 11 is 0. The van der Waals surface area contributed by atoms with Gasteiger partial charge in [-0.1, -0.05) is 0 Å². The maximum Gasteiger partial charge on any atom is 0.323 e. The van der Waals surface area contributed by atoms with Crippen molar-refractivity contribution in [3.05, 3.63) is 42.0 Å². The number of nitrogens with one attached hydrogen (secondary N) is 2. The molecule has 0 aliphatic carbocycles. The molecule has 0 heterocycles. The molecular formula is C14H16N4O4S. The number of rotatable bonds is 3. The number of urea groups is 1. The number of carbonyl (C=O) groups excluding carboxylic acids is 1. The lowest BCUT2D eigenvalue weighted by Gasteiger charge is -2.10. The second-order valence-corrected chi connectivity index (χ2v) is 6.27. The SMILES string of the molecule is Cc1cc(NC(=O)Nc2ccc(N)c(S(=O)(=O)O)c2)ccc1N. The van der Waals surface area contributed by atoms with Crippen molar-refractivity contribution < 1.29 is 17.8 Å². The Bertz CT molecular complexity index is 865. The van der Waals surface area contributed by atoms with Crippen LogP contribution < -0.4 is 22.1 Å². The molecule has 0 bridgehead atoms. The van der Waals surface area contributed by atoms with E-state index in [1.54, 1.807) is 25.1 Å². The Balaban J connectivity index is 2.16. The summed E-state index contributed by atoms with van der Waals surface area (Å²) in [4.78, 5) is 11.5. The van der Waals surface area contributed by atoms with Gasteiger partial charge in [-0.05, 0) is 48.9 Å². The molecule has 0 aliphatic rings. The molecule has 0 saturated carbocycles. The van der Waals surface area contributed by atoms with Crippen molar-refractivity contribution in [1.82, 2.24) is 0 Å². The van der Waals surface area contributed by atoms with E-state index in [1.165, 1.54) is 12.1 Å². The van der Waals surface area contributed by atoms with Crippen molar-refractivity contribution in [3.8, 4) is 0 Å². The van der Waals surface area contributed by atoms with Crippen molar-refractivity contribution >= 4 is 38.9 Å². The Kier molecular flexibility index (Phi) is 4.43. The molecule has 0 aromatic heterocycles. The summed E-state index contributed by atoms with van der Waals surface area (Å²) in [5.41, 5.74) is 13.2. The maximum atomic E-state index is 11.9. The Morgan fingerprint density at radius 2 is 1.52 bits per heavy atom. The lowest BCUT2D eigenvalue weighted by atomic mass is 10.2. The van der Waals surface area contributed by atoms with Gasteiger partial charge in [-0.25, -0.2) is 4.79 Å². The van der Waals surface area contributed by atoms with Gasteiger partial charge in [-0.15, -0.1) is 0 Å². The van der Waals surface area contributed by atoms with Gasteiger partial charge in [0, 0.05) is 17.1 Å². The first-order valence-corrected chi connectivity index (χ1v) is 7.92. The number of amides is 2. The van der Waals surface area contributed by atoms with Crippen LogP contribution in [0.5, 0.6) is 0 Å². The third-order valence-corrected chi connectivity index (χ3v) is 3.99. The van der Waals surface area contributed by atoms with E-state index in [-0.39, 0.29) is 11.4 Å². The molecule has 2 aromatic rings. The molecule has 0 unspecified atom stereocenters. The van der Waals surface area contributed by atoms with Crippen LogP contribution in [0.2, 0.25) is 0 Å². The van der Waals surface area contributed by atoms with Crippen LogP contribution in [-0.2, 0) is 10.1 Å². The lowest BCUT2D eigenvalue weighted by molar-refractivity contribution is 0.262. The first-order chi connectivity index (χ1) is 10.7. The highest BCUT2D eigenvalue weighted by molar-refractivity contribution is 7.86. The van der Waals surface area contributed by atoms with Gasteiger partial charge < -0.3 is 22.1 Å². The van der Waals surface area contributed by atoms with E-state index in [1.807, 2.05) is 0 Å². The minimum absolute atomic E-state index is 0.118. The van der Waals surface area contributed by atoms with Gasteiger partial charge in [-0.3, -0.25) is 4.55 Å². The van der Waals surface area contributed by atoms with Crippen LogP contribution in [0.4, 0.5) is 27.5 Å². The molecular weight excluding hydrogens is 320 g/mol.